The van der Waals surface area contributed by atoms with Crippen molar-refractivity contribution in [1.82, 2.24) is 5.32 Å². The van der Waals surface area contributed by atoms with Crippen molar-refractivity contribution >= 4 is 11.6 Å². The van der Waals surface area contributed by atoms with Crippen molar-refractivity contribution in [2.45, 2.75) is 32.9 Å². The van der Waals surface area contributed by atoms with Crippen molar-refractivity contribution in [2.75, 3.05) is 0 Å². The van der Waals surface area contributed by atoms with Crippen LogP contribution in [0.1, 0.15) is 26.3 Å². The van der Waals surface area contributed by atoms with E-state index in [1.54, 1.807) is 0 Å². The average molecular weight is 230 g/mol. The van der Waals surface area contributed by atoms with E-state index in [1.165, 1.54) is 0 Å². The minimum absolute atomic E-state index is 0.0149. The summed E-state index contributed by atoms with van der Waals surface area (Å²) in [4.78, 5) is 16.2. The van der Waals surface area contributed by atoms with Crippen molar-refractivity contribution in [3.05, 3.63) is 35.9 Å². The third kappa shape index (κ3) is 2.38. The van der Waals surface area contributed by atoms with Crippen LogP contribution in [0.2, 0.25) is 0 Å². The lowest BCUT2D eigenvalue weighted by molar-refractivity contribution is -0.122. The predicted octanol–water partition coefficient (Wildman–Crippen LogP) is 2.02. The average Bonchev–Trinajstić information content (AvgIpc) is 2.33. The van der Waals surface area contributed by atoms with Crippen molar-refractivity contribution in [3.8, 4) is 0 Å². The van der Waals surface area contributed by atoms with E-state index in [0.29, 0.717) is 5.92 Å². The van der Waals surface area contributed by atoms with Gasteiger partial charge in [0.15, 0.2) is 0 Å². The van der Waals surface area contributed by atoms with Gasteiger partial charge in [-0.2, -0.15) is 0 Å². The highest BCUT2D eigenvalue weighted by Crippen LogP contribution is 2.16. The summed E-state index contributed by atoms with van der Waals surface area (Å²) in [6.07, 6.45) is 0. The number of carbonyl (C=O) groups excluding carboxylic acids is 1. The molecule has 0 aromatic heterocycles. The molecule has 0 bridgehead atoms. The fraction of sp³-hybridized carbons (Fsp3) is 0.429. The summed E-state index contributed by atoms with van der Waals surface area (Å²) in [7, 11) is 0. The number of nitrogens with one attached hydrogen (secondary N) is 1. The van der Waals surface area contributed by atoms with Crippen LogP contribution in [-0.4, -0.2) is 23.7 Å². The Bertz CT molecular complexity index is 437. The van der Waals surface area contributed by atoms with Crippen LogP contribution in [-0.2, 0) is 4.79 Å². The quantitative estimate of drug-likeness (QED) is 0.829. The van der Waals surface area contributed by atoms with E-state index in [0.717, 1.165) is 11.3 Å². The summed E-state index contributed by atoms with van der Waals surface area (Å²) in [5.41, 5.74) is 2.09. The second-order valence-corrected chi connectivity index (χ2v) is 4.79. The molecular formula is C14H18N2O. The standard InChI is InChI=1S/C14H18N2O/c1-9(2)12-13(11-7-5-4-6-8-11)15-10(3)14(17)16-12/h4-10,12H,1-3H3,(H,16,17). The van der Waals surface area contributed by atoms with Crippen LogP contribution >= 0.6 is 0 Å². The Kier molecular flexibility index (Phi) is 3.27. The zero-order valence-electron chi connectivity index (χ0n) is 10.5. The molecule has 1 aromatic rings. The molecule has 0 saturated heterocycles. The molecule has 1 aromatic carbocycles. The first-order valence-corrected chi connectivity index (χ1v) is 6.03. The number of amides is 1. The molecule has 1 amide bonds. The first-order chi connectivity index (χ1) is 8.09. The maximum atomic E-state index is 11.7. The lowest BCUT2D eigenvalue weighted by atomic mass is 9.92. The van der Waals surface area contributed by atoms with E-state index in [-0.39, 0.29) is 18.0 Å². The minimum atomic E-state index is -0.291. The van der Waals surface area contributed by atoms with E-state index in [9.17, 15) is 4.79 Å². The zero-order valence-corrected chi connectivity index (χ0v) is 10.5. The second-order valence-electron chi connectivity index (χ2n) is 4.79. The van der Waals surface area contributed by atoms with Gasteiger partial charge in [-0.25, -0.2) is 0 Å². The number of hydrogen-bond acceptors (Lipinski definition) is 2. The number of nitrogens with zero attached hydrogens (tertiary/aromatic N) is 1. The van der Waals surface area contributed by atoms with Gasteiger partial charge in [0.25, 0.3) is 0 Å². The molecule has 1 aliphatic rings. The molecule has 0 saturated carbocycles. The van der Waals surface area contributed by atoms with Crippen LogP contribution in [0.3, 0.4) is 0 Å². The van der Waals surface area contributed by atoms with Gasteiger partial charge in [-0.05, 0) is 18.4 Å². The molecule has 17 heavy (non-hydrogen) atoms. The molecule has 90 valence electrons. The number of benzene rings is 1. The second kappa shape index (κ2) is 4.70. The van der Waals surface area contributed by atoms with E-state index < -0.39 is 0 Å². The maximum Gasteiger partial charge on any atom is 0.245 e. The number of hydrogen-bond donors (Lipinski definition) is 1. The molecular weight excluding hydrogens is 212 g/mol. The van der Waals surface area contributed by atoms with Gasteiger partial charge in [-0.3, -0.25) is 9.79 Å². The van der Waals surface area contributed by atoms with Crippen LogP contribution in [0.4, 0.5) is 0 Å². The summed E-state index contributed by atoms with van der Waals surface area (Å²) in [5.74, 6) is 0.355. The van der Waals surface area contributed by atoms with Crippen LogP contribution in [0.5, 0.6) is 0 Å². The Hall–Kier alpha value is -1.64. The van der Waals surface area contributed by atoms with Crippen molar-refractivity contribution in [3.63, 3.8) is 0 Å². The number of carbonyl (C=O) groups is 1. The van der Waals surface area contributed by atoms with Crippen LogP contribution in [0.15, 0.2) is 35.3 Å². The molecule has 0 aliphatic carbocycles. The molecule has 1 aliphatic heterocycles. The lowest BCUT2D eigenvalue weighted by Crippen LogP contribution is -2.52. The number of rotatable bonds is 2. The van der Waals surface area contributed by atoms with Gasteiger partial charge < -0.3 is 5.32 Å². The Morgan fingerprint density at radius 2 is 1.88 bits per heavy atom. The summed E-state index contributed by atoms with van der Waals surface area (Å²) < 4.78 is 0. The Morgan fingerprint density at radius 3 is 2.47 bits per heavy atom. The molecule has 2 rings (SSSR count). The predicted molar refractivity (Wildman–Crippen MR) is 69.2 cm³/mol. The largest absolute Gasteiger partial charge is 0.346 e. The summed E-state index contributed by atoms with van der Waals surface area (Å²) in [6.45, 7) is 6.02. The Balaban J connectivity index is 2.41. The van der Waals surface area contributed by atoms with Gasteiger partial charge in [0.2, 0.25) is 5.91 Å². The van der Waals surface area contributed by atoms with Crippen molar-refractivity contribution in [2.24, 2.45) is 10.9 Å². The molecule has 3 nitrogen and oxygen atoms in total. The molecule has 2 unspecified atom stereocenters. The van der Waals surface area contributed by atoms with Gasteiger partial charge in [0.05, 0.1) is 11.8 Å². The van der Waals surface area contributed by atoms with Gasteiger partial charge in [0.1, 0.15) is 6.04 Å². The highest BCUT2D eigenvalue weighted by molar-refractivity contribution is 6.09. The van der Waals surface area contributed by atoms with Crippen LogP contribution < -0.4 is 5.32 Å². The lowest BCUT2D eigenvalue weighted by Gasteiger charge is -2.30. The molecule has 1 N–H and O–H groups in total. The SMILES string of the molecule is CC1N=C(c2ccccc2)C(C(C)C)NC1=O. The van der Waals surface area contributed by atoms with E-state index in [4.69, 9.17) is 0 Å². The maximum absolute atomic E-state index is 11.7. The third-order valence-electron chi connectivity index (χ3n) is 3.04. The van der Waals surface area contributed by atoms with Crippen LogP contribution in [0, 0.1) is 5.92 Å². The first-order valence-electron chi connectivity index (χ1n) is 6.03. The molecule has 2 atom stereocenters. The summed E-state index contributed by atoms with van der Waals surface area (Å²) in [5, 5.41) is 3.04. The van der Waals surface area contributed by atoms with Crippen LogP contribution in [0.25, 0.3) is 0 Å². The minimum Gasteiger partial charge on any atom is -0.346 e. The fourth-order valence-electron chi connectivity index (χ4n) is 2.04. The van der Waals surface area contributed by atoms with E-state index in [1.807, 2.05) is 37.3 Å². The topological polar surface area (TPSA) is 41.5 Å². The first kappa shape index (κ1) is 11.8. The normalized spacial score (nSPS) is 24.5. The third-order valence-corrected chi connectivity index (χ3v) is 3.04. The highest BCUT2D eigenvalue weighted by Gasteiger charge is 2.30. The molecule has 0 spiro atoms. The van der Waals surface area contributed by atoms with Crippen molar-refractivity contribution < 1.29 is 4.79 Å². The molecule has 1 heterocycles. The zero-order chi connectivity index (χ0) is 12.4. The fourth-order valence-corrected chi connectivity index (χ4v) is 2.04. The molecule has 3 heteroatoms. The summed E-state index contributed by atoms with van der Waals surface area (Å²) in [6, 6.07) is 9.78. The van der Waals surface area contributed by atoms with Gasteiger partial charge >= 0.3 is 0 Å². The van der Waals surface area contributed by atoms with E-state index in [2.05, 4.69) is 24.2 Å². The summed E-state index contributed by atoms with van der Waals surface area (Å²) >= 11 is 0. The monoisotopic (exact) mass is 230 g/mol. The molecule has 0 fully saturated rings. The molecule has 0 radical (unpaired) electrons. The smallest absolute Gasteiger partial charge is 0.245 e. The Morgan fingerprint density at radius 1 is 1.24 bits per heavy atom. The van der Waals surface area contributed by atoms with Crippen molar-refractivity contribution in [1.29, 1.82) is 0 Å². The van der Waals surface area contributed by atoms with Gasteiger partial charge in [-0.15, -0.1) is 0 Å². The van der Waals surface area contributed by atoms with Gasteiger partial charge in [0, 0.05) is 0 Å². The van der Waals surface area contributed by atoms with E-state index >= 15 is 0 Å². The highest BCUT2D eigenvalue weighted by atomic mass is 16.2. The van der Waals surface area contributed by atoms with Gasteiger partial charge in [-0.1, -0.05) is 44.2 Å². The Labute approximate surface area is 102 Å². The number of aliphatic imine (C=N–C) groups is 1.